The van der Waals surface area contributed by atoms with E-state index in [9.17, 15) is 9.59 Å². The van der Waals surface area contributed by atoms with Gasteiger partial charge in [-0.15, -0.1) is 0 Å². The maximum Gasteiger partial charge on any atom is 0.302 e. The zero-order chi connectivity index (χ0) is 26.8. The highest BCUT2D eigenvalue weighted by Gasteiger charge is 2.72. The van der Waals surface area contributed by atoms with Crippen molar-refractivity contribution in [3.05, 3.63) is 11.6 Å². The molecule has 4 aliphatic heterocycles. The van der Waals surface area contributed by atoms with Gasteiger partial charge in [0.2, 0.25) is 5.75 Å². The van der Waals surface area contributed by atoms with Gasteiger partial charge in [-0.2, -0.15) is 0 Å². The molecule has 38 heavy (non-hydrogen) atoms. The largest absolute Gasteiger partial charge is 0.493 e. The minimum absolute atomic E-state index is 0.146. The van der Waals surface area contributed by atoms with E-state index in [-0.39, 0.29) is 47.0 Å². The molecule has 0 N–H and O–H groups in total. The lowest BCUT2D eigenvalue weighted by molar-refractivity contribution is -0.178. The van der Waals surface area contributed by atoms with E-state index >= 15 is 0 Å². The van der Waals surface area contributed by atoms with Gasteiger partial charge in [0.05, 0.1) is 32.6 Å². The molecular weight excluding hydrogens is 488 g/mol. The van der Waals surface area contributed by atoms with Crippen molar-refractivity contribution in [2.75, 3.05) is 45.4 Å². The molecular formula is C29H40N2O7. The van der Waals surface area contributed by atoms with Crippen LogP contribution in [0.2, 0.25) is 0 Å². The summed E-state index contributed by atoms with van der Waals surface area (Å²) in [5.41, 5.74) is 1.89. The molecule has 0 amide bonds. The summed E-state index contributed by atoms with van der Waals surface area (Å²) in [7, 11) is 3.34. The van der Waals surface area contributed by atoms with E-state index in [0.717, 1.165) is 56.6 Å². The number of piperidine rings is 1. The summed E-state index contributed by atoms with van der Waals surface area (Å²) in [5.74, 6) is 1.56. The van der Waals surface area contributed by atoms with Gasteiger partial charge in [0.1, 0.15) is 12.7 Å². The number of hydrogen-bond donors (Lipinski definition) is 0. The van der Waals surface area contributed by atoms with Crippen LogP contribution in [-0.4, -0.2) is 81.6 Å². The van der Waals surface area contributed by atoms with Crippen LogP contribution in [0.5, 0.6) is 17.2 Å². The highest BCUT2D eigenvalue weighted by molar-refractivity contribution is 5.81. The molecule has 1 aromatic carbocycles. The number of carbonyl (C=O) groups excluding carboxylic acids is 2. The fourth-order valence-corrected chi connectivity index (χ4v) is 8.98. The van der Waals surface area contributed by atoms with Gasteiger partial charge >= 0.3 is 11.9 Å². The number of fused-ring (bicyclic) bond motifs is 1. The van der Waals surface area contributed by atoms with Gasteiger partial charge in [-0.25, -0.2) is 0 Å². The molecule has 6 rings (SSSR count). The highest BCUT2D eigenvalue weighted by atomic mass is 16.6. The molecule has 1 aliphatic carbocycles. The fourth-order valence-electron chi connectivity index (χ4n) is 8.98. The third-order valence-corrected chi connectivity index (χ3v) is 10.1. The zero-order valence-corrected chi connectivity index (χ0v) is 23.2. The van der Waals surface area contributed by atoms with Crippen molar-refractivity contribution in [3.8, 4) is 17.2 Å². The summed E-state index contributed by atoms with van der Waals surface area (Å²) in [6.45, 7) is 8.08. The predicted molar refractivity (Wildman–Crippen MR) is 140 cm³/mol. The average molecular weight is 529 g/mol. The van der Waals surface area contributed by atoms with Gasteiger partial charge in [-0.1, -0.05) is 6.92 Å². The number of nitrogens with zero attached hydrogens (tertiary/aromatic N) is 2. The zero-order valence-electron chi connectivity index (χ0n) is 23.2. The van der Waals surface area contributed by atoms with Crippen molar-refractivity contribution in [1.82, 2.24) is 4.90 Å². The second-order valence-electron chi connectivity index (χ2n) is 11.6. The Bertz CT molecular complexity index is 1140. The lowest BCUT2D eigenvalue weighted by Crippen LogP contribution is -2.71. The molecule has 2 saturated heterocycles. The van der Waals surface area contributed by atoms with E-state index in [0.29, 0.717) is 31.1 Å². The quantitative estimate of drug-likeness (QED) is 0.494. The van der Waals surface area contributed by atoms with Crippen LogP contribution in [-0.2, 0) is 24.5 Å². The van der Waals surface area contributed by atoms with Crippen LogP contribution < -0.4 is 19.1 Å². The van der Waals surface area contributed by atoms with Crippen LogP contribution >= 0.6 is 0 Å². The second-order valence-corrected chi connectivity index (χ2v) is 11.6. The second kappa shape index (κ2) is 9.21. The number of esters is 2. The lowest BCUT2D eigenvalue weighted by atomic mass is 9.50. The normalized spacial score (nSPS) is 34.5. The smallest absolute Gasteiger partial charge is 0.302 e. The third kappa shape index (κ3) is 3.32. The van der Waals surface area contributed by atoms with E-state index < -0.39 is 0 Å². The van der Waals surface area contributed by atoms with Gasteiger partial charge < -0.3 is 28.6 Å². The minimum atomic E-state index is -0.316. The Morgan fingerprint density at radius 1 is 1.13 bits per heavy atom. The van der Waals surface area contributed by atoms with Crippen LogP contribution in [0.25, 0.3) is 0 Å². The molecule has 0 unspecified atom stereocenters. The van der Waals surface area contributed by atoms with Crippen LogP contribution in [0.4, 0.5) is 5.69 Å². The van der Waals surface area contributed by atoms with Crippen molar-refractivity contribution >= 4 is 17.6 Å². The van der Waals surface area contributed by atoms with Crippen LogP contribution in [0, 0.1) is 5.41 Å². The first-order valence-corrected chi connectivity index (χ1v) is 14.1. The first-order chi connectivity index (χ1) is 18.3. The fraction of sp³-hybridized carbons (Fsp3) is 0.724. The van der Waals surface area contributed by atoms with Gasteiger partial charge in [-0.3, -0.25) is 14.5 Å². The van der Waals surface area contributed by atoms with Crippen LogP contribution in [0.3, 0.4) is 0 Å². The Balaban J connectivity index is 1.58. The van der Waals surface area contributed by atoms with E-state index in [1.54, 1.807) is 14.2 Å². The SMILES string of the molecule is CC[C@@H]1COc2c(OC)c(OC)cc3c2N1[C@@H]1C[C@@H](OC(C)=O)[C@@]2(CCOC(C)=O)CCCN4CC[C@@]31[C@H]42. The van der Waals surface area contributed by atoms with Crippen LogP contribution in [0.15, 0.2) is 6.07 Å². The predicted octanol–water partition coefficient (Wildman–Crippen LogP) is 3.44. The maximum atomic E-state index is 12.5. The molecule has 0 bridgehead atoms. The van der Waals surface area contributed by atoms with Gasteiger partial charge in [-0.05, 0) is 56.8 Å². The summed E-state index contributed by atoms with van der Waals surface area (Å²) in [4.78, 5) is 29.5. The molecule has 0 radical (unpaired) electrons. The molecule has 3 fully saturated rings. The summed E-state index contributed by atoms with van der Waals surface area (Å²) in [6.07, 6.45) is 5.07. The summed E-state index contributed by atoms with van der Waals surface area (Å²) >= 11 is 0. The van der Waals surface area contributed by atoms with Gasteiger partial charge in [0.25, 0.3) is 0 Å². The average Bonchev–Trinajstić information content (AvgIpc) is 3.42. The summed E-state index contributed by atoms with van der Waals surface area (Å²) in [5, 5.41) is 0. The Labute approximate surface area is 224 Å². The third-order valence-electron chi connectivity index (χ3n) is 10.1. The molecule has 1 saturated carbocycles. The van der Waals surface area contributed by atoms with E-state index in [2.05, 4.69) is 22.8 Å². The van der Waals surface area contributed by atoms with Gasteiger partial charge in [0, 0.05) is 43.2 Å². The molecule has 6 atom stereocenters. The first kappa shape index (κ1) is 25.6. The molecule has 9 nitrogen and oxygen atoms in total. The summed E-state index contributed by atoms with van der Waals surface area (Å²) in [6, 6.07) is 2.70. The number of methoxy groups -OCH3 is 2. The number of benzene rings is 1. The van der Waals surface area contributed by atoms with Crippen molar-refractivity contribution in [1.29, 1.82) is 0 Å². The topological polar surface area (TPSA) is 86.8 Å². The maximum absolute atomic E-state index is 12.5. The van der Waals surface area contributed by atoms with Crippen molar-refractivity contribution in [2.45, 2.75) is 88.9 Å². The molecule has 1 spiro atoms. The number of hydrogen-bond acceptors (Lipinski definition) is 9. The van der Waals surface area contributed by atoms with Crippen molar-refractivity contribution in [2.24, 2.45) is 5.41 Å². The molecule has 208 valence electrons. The molecule has 1 aromatic rings. The monoisotopic (exact) mass is 528 g/mol. The molecule has 4 heterocycles. The Morgan fingerprint density at radius 3 is 2.63 bits per heavy atom. The van der Waals surface area contributed by atoms with E-state index in [1.807, 2.05) is 0 Å². The van der Waals surface area contributed by atoms with Crippen molar-refractivity contribution < 1.29 is 33.3 Å². The Morgan fingerprint density at radius 2 is 1.95 bits per heavy atom. The van der Waals surface area contributed by atoms with Crippen molar-refractivity contribution in [3.63, 3.8) is 0 Å². The number of anilines is 1. The molecule has 0 aromatic heterocycles. The highest BCUT2D eigenvalue weighted by Crippen LogP contribution is 2.69. The number of carbonyl (C=O) groups is 2. The van der Waals surface area contributed by atoms with E-state index in [1.165, 1.54) is 19.4 Å². The summed E-state index contributed by atoms with van der Waals surface area (Å²) < 4.78 is 29.9. The van der Waals surface area contributed by atoms with Gasteiger partial charge in [0.15, 0.2) is 11.5 Å². The number of ether oxygens (including phenoxy) is 5. The van der Waals surface area contributed by atoms with E-state index in [4.69, 9.17) is 23.7 Å². The Kier molecular flexibility index (Phi) is 6.20. The first-order valence-electron chi connectivity index (χ1n) is 14.1. The lowest BCUT2D eigenvalue weighted by Gasteiger charge is -2.61. The Hall–Kier alpha value is -2.68. The number of rotatable bonds is 7. The standard InChI is InChI=1S/C29H40N2O7/c1-6-19-16-37-26-24-20(14-21(34-4)25(26)35-5)29-9-12-30-11-7-8-28(27(29)30,10-13-36-17(2)32)23(38-18(3)33)15-22(29)31(19)24/h14,19,22-23,27H,6-13,15-16H2,1-5H3/t19-,22-,23-,27-,28+,29-/m1/s1. The molecule has 5 aliphatic rings. The minimum Gasteiger partial charge on any atom is -0.493 e. The van der Waals surface area contributed by atoms with Crippen LogP contribution in [0.1, 0.15) is 64.9 Å². The molecule has 9 heteroatoms.